The number of nitrogens with one attached hydrogen (secondary N) is 1. The molecule has 1 aromatic heterocycles. The molecule has 26 heavy (non-hydrogen) atoms. The van der Waals surface area contributed by atoms with Crippen LogP contribution in [0.15, 0.2) is 83.9 Å². The summed E-state index contributed by atoms with van der Waals surface area (Å²) in [4.78, 5) is 17.6. The normalized spacial score (nSPS) is 11.7. The van der Waals surface area contributed by atoms with E-state index in [0.717, 1.165) is 22.0 Å². The van der Waals surface area contributed by atoms with Gasteiger partial charge in [-0.2, -0.15) is 0 Å². The summed E-state index contributed by atoms with van der Waals surface area (Å²) in [5.74, 6) is 0.710. The fourth-order valence-corrected chi connectivity index (χ4v) is 3.30. The summed E-state index contributed by atoms with van der Waals surface area (Å²) >= 11 is 1.76. The molecule has 0 fully saturated rings. The average molecular weight is 363 g/mol. The number of thioether (sulfide) groups is 1. The van der Waals surface area contributed by atoms with Crippen LogP contribution in [-0.4, -0.2) is 16.9 Å². The molecule has 0 saturated heterocycles. The molecule has 1 unspecified atom stereocenters. The van der Waals surface area contributed by atoms with Crippen LogP contribution in [0, 0.1) is 0 Å². The van der Waals surface area contributed by atoms with Crippen LogP contribution >= 0.6 is 11.8 Å². The fourth-order valence-electron chi connectivity index (χ4n) is 2.45. The molecular weight excluding hydrogens is 342 g/mol. The van der Waals surface area contributed by atoms with Gasteiger partial charge in [-0.15, -0.1) is 11.8 Å². The molecular formula is C21H21N3OS. The highest BCUT2D eigenvalue weighted by molar-refractivity contribution is 7.98. The minimum atomic E-state index is -0.628. The summed E-state index contributed by atoms with van der Waals surface area (Å²) in [5, 5.41) is 2.86. The molecule has 1 amide bonds. The molecule has 3 aromatic rings. The van der Waals surface area contributed by atoms with Gasteiger partial charge in [0.2, 0.25) is 5.91 Å². The number of benzene rings is 2. The molecule has 0 radical (unpaired) electrons. The lowest BCUT2D eigenvalue weighted by Crippen LogP contribution is -2.37. The largest absolute Gasteiger partial charge is 0.325 e. The summed E-state index contributed by atoms with van der Waals surface area (Å²) in [5.41, 5.74) is 8.82. The monoisotopic (exact) mass is 363 g/mol. The lowest BCUT2D eigenvalue weighted by Gasteiger charge is -2.12. The summed E-state index contributed by atoms with van der Waals surface area (Å²) in [6.07, 6.45) is 2.11. The topological polar surface area (TPSA) is 68.0 Å². The van der Waals surface area contributed by atoms with Gasteiger partial charge in [0.15, 0.2) is 0 Å². The van der Waals surface area contributed by atoms with Crippen LogP contribution in [0.25, 0.3) is 0 Å². The number of aromatic nitrogens is 1. The van der Waals surface area contributed by atoms with Gasteiger partial charge < -0.3 is 11.1 Å². The number of hydrogen-bond donors (Lipinski definition) is 2. The third-order valence-electron chi connectivity index (χ3n) is 3.86. The number of carbonyl (C=O) groups excluding carboxylic acids is 1. The molecule has 0 aliphatic heterocycles. The molecule has 1 atom stereocenters. The predicted octanol–water partition coefficient (Wildman–Crippen LogP) is 3.88. The van der Waals surface area contributed by atoms with Crippen molar-refractivity contribution in [2.45, 2.75) is 23.1 Å². The molecule has 2 aromatic carbocycles. The smallest absolute Gasteiger partial charge is 0.241 e. The van der Waals surface area contributed by atoms with Crippen molar-refractivity contribution in [1.29, 1.82) is 0 Å². The van der Waals surface area contributed by atoms with E-state index in [9.17, 15) is 4.79 Å². The van der Waals surface area contributed by atoms with Crippen molar-refractivity contribution in [3.8, 4) is 0 Å². The number of hydrogen-bond acceptors (Lipinski definition) is 4. The van der Waals surface area contributed by atoms with Crippen LogP contribution in [0.1, 0.15) is 11.3 Å². The minimum Gasteiger partial charge on any atom is -0.325 e. The highest BCUT2D eigenvalue weighted by atomic mass is 32.2. The standard InChI is InChI=1S/C21H21N3OS/c22-20(14-18-8-4-5-13-23-18)21(25)24-17-9-11-19(12-10-17)26-15-16-6-2-1-3-7-16/h1-13,20H,14-15,22H2,(H,24,25). The Bertz CT molecular complexity index is 823. The van der Waals surface area contributed by atoms with E-state index in [1.54, 1.807) is 18.0 Å². The van der Waals surface area contributed by atoms with Gasteiger partial charge in [0.05, 0.1) is 6.04 Å². The summed E-state index contributed by atoms with van der Waals surface area (Å²) in [6.45, 7) is 0. The van der Waals surface area contributed by atoms with Crippen molar-refractivity contribution in [2.24, 2.45) is 5.73 Å². The van der Waals surface area contributed by atoms with Crippen molar-refractivity contribution in [2.75, 3.05) is 5.32 Å². The number of amides is 1. The van der Waals surface area contributed by atoms with Gasteiger partial charge >= 0.3 is 0 Å². The lowest BCUT2D eigenvalue weighted by molar-refractivity contribution is -0.117. The van der Waals surface area contributed by atoms with Crippen molar-refractivity contribution in [3.05, 3.63) is 90.3 Å². The zero-order valence-electron chi connectivity index (χ0n) is 14.3. The van der Waals surface area contributed by atoms with E-state index in [0.29, 0.717) is 6.42 Å². The van der Waals surface area contributed by atoms with Crippen molar-refractivity contribution in [3.63, 3.8) is 0 Å². The number of rotatable bonds is 7. The van der Waals surface area contributed by atoms with E-state index in [1.807, 2.05) is 60.7 Å². The van der Waals surface area contributed by atoms with Crippen LogP contribution in [0.3, 0.4) is 0 Å². The van der Waals surface area contributed by atoms with Crippen LogP contribution in [0.4, 0.5) is 5.69 Å². The van der Waals surface area contributed by atoms with Gasteiger partial charge in [-0.05, 0) is 42.0 Å². The van der Waals surface area contributed by atoms with E-state index in [-0.39, 0.29) is 5.91 Å². The number of anilines is 1. The molecule has 5 heteroatoms. The van der Waals surface area contributed by atoms with Crippen LogP contribution in [-0.2, 0) is 17.0 Å². The summed E-state index contributed by atoms with van der Waals surface area (Å²) in [7, 11) is 0. The van der Waals surface area contributed by atoms with Crippen LogP contribution in [0.5, 0.6) is 0 Å². The number of carbonyl (C=O) groups is 1. The van der Waals surface area contributed by atoms with E-state index in [1.165, 1.54) is 5.56 Å². The van der Waals surface area contributed by atoms with Crippen molar-refractivity contribution in [1.82, 2.24) is 4.98 Å². The second kappa shape index (κ2) is 9.17. The Balaban J connectivity index is 1.51. The van der Waals surface area contributed by atoms with Gasteiger partial charge in [0, 0.05) is 34.6 Å². The second-order valence-electron chi connectivity index (χ2n) is 5.92. The summed E-state index contributed by atoms with van der Waals surface area (Å²) in [6, 6.07) is 23.1. The Morgan fingerprint density at radius 3 is 2.42 bits per heavy atom. The summed E-state index contributed by atoms with van der Waals surface area (Å²) < 4.78 is 0. The first-order valence-electron chi connectivity index (χ1n) is 8.44. The molecule has 0 bridgehead atoms. The quantitative estimate of drug-likeness (QED) is 0.625. The number of nitrogens with zero attached hydrogens (tertiary/aromatic N) is 1. The molecule has 0 spiro atoms. The maximum absolute atomic E-state index is 12.2. The van der Waals surface area contributed by atoms with Crippen molar-refractivity contribution < 1.29 is 4.79 Å². The molecule has 3 N–H and O–H groups in total. The average Bonchev–Trinajstić information content (AvgIpc) is 2.69. The first-order valence-corrected chi connectivity index (χ1v) is 9.42. The molecule has 0 aliphatic rings. The molecule has 3 rings (SSSR count). The maximum Gasteiger partial charge on any atom is 0.241 e. The van der Waals surface area contributed by atoms with Gasteiger partial charge in [-0.25, -0.2) is 0 Å². The Kier molecular flexibility index (Phi) is 6.41. The number of pyridine rings is 1. The highest BCUT2D eigenvalue weighted by Gasteiger charge is 2.14. The van der Waals surface area contributed by atoms with Gasteiger partial charge in [0.1, 0.15) is 0 Å². The molecule has 132 valence electrons. The zero-order valence-corrected chi connectivity index (χ0v) is 15.2. The Hall–Kier alpha value is -2.63. The minimum absolute atomic E-state index is 0.208. The number of nitrogens with two attached hydrogens (primary N) is 1. The first-order chi connectivity index (χ1) is 12.7. The Morgan fingerprint density at radius 1 is 1.00 bits per heavy atom. The van der Waals surface area contributed by atoms with Crippen molar-refractivity contribution >= 4 is 23.4 Å². The third-order valence-corrected chi connectivity index (χ3v) is 4.95. The fraction of sp³-hybridized carbons (Fsp3) is 0.143. The molecule has 0 aliphatic carbocycles. The van der Waals surface area contributed by atoms with Gasteiger partial charge in [-0.1, -0.05) is 36.4 Å². The Morgan fingerprint density at radius 2 is 1.73 bits per heavy atom. The Labute approximate surface area is 157 Å². The molecule has 1 heterocycles. The molecule has 4 nitrogen and oxygen atoms in total. The second-order valence-corrected chi connectivity index (χ2v) is 6.97. The highest BCUT2D eigenvalue weighted by Crippen LogP contribution is 2.24. The van der Waals surface area contributed by atoms with E-state index in [2.05, 4.69) is 22.4 Å². The van der Waals surface area contributed by atoms with Crippen LogP contribution < -0.4 is 11.1 Å². The van der Waals surface area contributed by atoms with Crippen LogP contribution in [0.2, 0.25) is 0 Å². The molecule has 0 saturated carbocycles. The van der Waals surface area contributed by atoms with E-state index in [4.69, 9.17) is 5.73 Å². The lowest BCUT2D eigenvalue weighted by atomic mass is 10.1. The predicted molar refractivity (Wildman–Crippen MR) is 107 cm³/mol. The van der Waals surface area contributed by atoms with E-state index < -0.39 is 6.04 Å². The third kappa shape index (κ3) is 5.44. The maximum atomic E-state index is 12.2. The first kappa shape index (κ1) is 18.2. The van der Waals surface area contributed by atoms with Gasteiger partial charge in [0.25, 0.3) is 0 Å². The zero-order chi connectivity index (χ0) is 18.2. The van der Waals surface area contributed by atoms with Gasteiger partial charge in [-0.3, -0.25) is 9.78 Å². The van der Waals surface area contributed by atoms with E-state index >= 15 is 0 Å². The SMILES string of the molecule is NC(Cc1ccccn1)C(=O)Nc1ccc(SCc2ccccc2)cc1.